The van der Waals surface area contributed by atoms with Crippen molar-refractivity contribution in [2.45, 2.75) is 25.8 Å². The molecule has 1 atom stereocenters. The van der Waals surface area contributed by atoms with Crippen molar-refractivity contribution in [3.63, 3.8) is 0 Å². The number of amides is 1. The smallest absolute Gasteiger partial charge is 0.227 e. The van der Waals surface area contributed by atoms with Crippen LogP contribution in [0.2, 0.25) is 5.02 Å². The van der Waals surface area contributed by atoms with Gasteiger partial charge in [0.2, 0.25) is 17.6 Å². The number of piperazine rings is 1. The molecule has 1 amide bonds. The van der Waals surface area contributed by atoms with E-state index in [2.05, 4.69) is 22.4 Å². The Morgan fingerprint density at radius 3 is 2.96 bits per heavy atom. The van der Waals surface area contributed by atoms with Gasteiger partial charge in [0.1, 0.15) is 0 Å². The molecule has 1 N–H and O–H groups in total. The van der Waals surface area contributed by atoms with Crippen LogP contribution in [0, 0.1) is 0 Å². The van der Waals surface area contributed by atoms with Gasteiger partial charge in [-0.25, -0.2) is 0 Å². The van der Waals surface area contributed by atoms with Crippen molar-refractivity contribution >= 4 is 17.5 Å². The fourth-order valence-electron chi connectivity index (χ4n) is 2.64. The van der Waals surface area contributed by atoms with E-state index in [0.29, 0.717) is 29.6 Å². The second kappa shape index (κ2) is 7.10. The second-order valence-electron chi connectivity index (χ2n) is 5.66. The minimum atomic E-state index is 0.130. The third kappa shape index (κ3) is 3.89. The number of aryl methyl sites for hydroxylation is 1. The van der Waals surface area contributed by atoms with Crippen molar-refractivity contribution in [3.05, 3.63) is 35.2 Å². The number of carbonyl (C=O) groups is 1. The molecule has 2 aromatic rings. The molecule has 1 fully saturated rings. The number of nitrogens with zero attached hydrogens (tertiary/aromatic N) is 3. The van der Waals surface area contributed by atoms with Crippen LogP contribution in [0.1, 0.15) is 19.2 Å². The Labute approximate surface area is 139 Å². The lowest BCUT2D eigenvalue weighted by Crippen LogP contribution is -2.52. The van der Waals surface area contributed by atoms with E-state index in [4.69, 9.17) is 16.1 Å². The highest BCUT2D eigenvalue weighted by Crippen LogP contribution is 2.19. The molecule has 6 nitrogen and oxygen atoms in total. The molecular weight excluding hydrogens is 316 g/mol. The highest BCUT2D eigenvalue weighted by Gasteiger charge is 2.23. The monoisotopic (exact) mass is 334 g/mol. The lowest BCUT2D eigenvalue weighted by molar-refractivity contribution is -0.134. The Bertz CT molecular complexity index is 671. The van der Waals surface area contributed by atoms with Gasteiger partial charge in [0.05, 0.1) is 0 Å². The molecule has 23 heavy (non-hydrogen) atoms. The molecule has 3 rings (SSSR count). The Balaban J connectivity index is 1.58. The Morgan fingerprint density at radius 1 is 1.43 bits per heavy atom. The molecular formula is C16H19ClN4O2. The summed E-state index contributed by atoms with van der Waals surface area (Å²) >= 11 is 5.86. The van der Waals surface area contributed by atoms with Crippen LogP contribution in [-0.4, -0.2) is 46.6 Å². The van der Waals surface area contributed by atoms with Crippen LogP contribution in [0.3, 0.4) is 0 Å². The molecule has 1 aromatic carbocycles. The summed E-state index contributed by atoms with van der Waals surface area (Å²) in [5.74, 6) is 1.12. The maximum absolute atomic E-state index is 12.3. The van der Waals surface area contributed by atoms with E-state index in [9.17, 15) is 4.79 Å². The minimum Gasteiger partial charge on any atom is -0.339 e. The molecule has 0 radical (unpaired) electrons. The van der Waals surface area contributed by atoms with E-state index >= 15 is 0 Å². The summed E-state index contributed by atoms with van der Waals surface area (Å²) in [4.78, 5) is 18.5. The summed E-state index contributed by atoms with van der Waals surface area (Å²) < 4.78 is 5.24. The number of rotatable bonds is 4. The standard InChI is InChI=1S/C16H19ClN4O2/c1-11-10-18-8-9-21(11)15(22)7-6-14-19-16(20-23-14)12-2-4-13(17)5-3-12/h2-5,11,18H,6-10H2,1H3/t11-/m1/s1. The summed E-state index contributed by atoms with van der Waals surface area (Å²) in [6, 6.07) is 7.46. The van der Waals surface area contributed by atoms with Gasteiger partial charge in [0.15, 0.2) is 0 Å². The predicted molar refractivity (Wildman–Crippen MR) is 87.1 cm³/mol. The molecule has 0 saturated carbocycles. The molecule has 1 aliphatic heterocycles. The molecule has 0 aliphatic carbocycles. The van der Waals surface area contributed by atoms with Crippen LogP contribution in [0.25, 0.3) is 11.4 Å². The SMILES string of the molecule is C[C@@H]1CNCCN1C(=O)CCc1nc(-c2ccc(Cl)cc2)no1. The number of halogens is 1. The fraction of sp³-hybridized carbons (Fsp3) is 0.438. The summed E-state index contributed by atoms with van der Waals surface area (Å²) in [7, 11) is 0. The average molecular weight is 335 g/mol. The first-order chi connectivity index (χ1) is 11.1. The van der Waals surface area contributed by atoms with Crippen molar-refractivity contribution in [3.8, 4) is 11.4 Å². The number of hydrogen-bond acceptors (Lipinski definition) is 5. The molecule has 2 heterocycles. The van der Waals surface area contributed by atoms with Crippen molar-refractivity contribution in [1.29, 1.82) is 0 Å². The summed E-state index contributed by atoms with van der Waals surface area (Å²) in [5, 5.41) is 7.89. The highest BCUT2D eigenvalue weighted by molar-refractivity contribution is 6.30. The molecule has 0 unspecified atom stereocenters. The average Bonchev–Trinajstić information content (AvgIpc) is 3.03. The third-order valence-electron chi connectivity index (χ3n) is 3.94. The number of nitrogens with one attached hydrogen (secondary N) is 1. The van der Waals surface area contributed by atoms with Crippen molar-refractivity contribution in [1.82, 2.24) is 20.4 Å². The van der Waals surface area contributed by atoms with Gasteiger partial charge in [-0.05, 0) is 31.2 Å². The van der Waals surface area contributed by atoms with Crippen molar-refractivity contribution in [2.24, 2.45) is 0 Å². The highest BCUT2D eigenvalue weighted by atomic mass is 35.5. The normalized spacial score (nSPS) is 18.2. The van der Waals surface area contributed by atoms with E-state index in [-0.39, 0.29) is 11.9 Å². The first-order valence-electron chi connectivity index (χ1n) is 7.72. The maximum Gasteiger partial charge on any atom is 0.227 e. The van der Waals surface area contributed by atoms with Crippen molar-refractivity contribution < 1.29 is 9.32 Å². The Hall–Kier alpha value is -1.92. The Kier molecular flexibility index (Phi) is 4.93. The lowest BCUT2D eigenvalue weighted by atomic mass is 10.2. The van der Waals surface area contributed by atoms with Gasteiger partial charge in [0.25, 0.3) is 0 Å². The molecule has 1 aliphatic rings. The van der Waals surface area contributed by atoms with Gasteiger partial charge in [-0.2, -0.15) is 4.98 Å². The van der Waals surface area contributed by atoms with Gasteiger partial charge in [-0.15, -0.1) is 0 Å². The van der Waals surface area contributed by atoms with Crippen LogP contribution in [0.4, 0.5) is 0 Å². The predicted octanol–water partition coefficient (Wildman–Crippen LogP) is 2.14. The van der Waals surface area contributed by atoms with E-state index in [1.54, 1.807) is 12.1 Å². The number of carbonyl (C=O) groups excluding carboxylic acids is 1. The summed E-state index contributed by atoms with van der Waals surface area (Å²) in [5.41, 5.74) is 0.839. The Morgan fingerprint density at radius 2 is 2.22 bits per heavy atom. The summed E-state index contributed by atoms with van der Waals surface area (Å²) in [6.07, 6.45) is 0.836. The maximum atomic E-state index is 12.3. The first-order valence-corrected chi connectivity index (χ1v) is 8.10. The molecule has 122 valence electrons. The fourth-order valence-corrected chi connectivity index (χ4v) is 2.77. The van der Waals surface area contributed by atoms with E-state index < -0.39 is 0 Å². The van der Waals surface area contributed by atoms with Crippen LogP contribution in [0.5, 0.6) is 0 Å². The molecule has 0 bridgehead atoms. The summed E-state index contributed by atoms with van der Waals surface area (Å²) in [6.45, 7) is 4.49. The van der Waals surface area contributed by atoms with Gasteiger partial charge < -0.3 is 14.7 Å². The number of aromatic nitrogens is 2. The first kappa shape index (κ1) is 16.0. The van der Waals surface area contributed by atoms with Crippen LogP contribution >= 0.6 is 11.6 Å². The quantitative estimate of drug-likeness (QED) is 0.927. The van der Waals surface area contributed by atoms with Crippen LogP contribution < -0.4 is 5.32 Å². The molecule has 1 aromatic heterocycles. The van der Waals surface area contributed by atoms with Gasteiger partial charge >= 0.3 is 0 Å². The van der Waals surface area contributed by atoms with E-state index in [0.717, 1.165) is 25.2 Å². The van der Waals surface area contributed by atoms with Gasteiger partial charge in [0, 0.05) is 49.1 Å². The molecule has 1 saturated heterocycles. The third-order valence-corrected chi connectivity index (χ3v) is 4.20. The van der Waals surface area contributed by atoms with Crippen LogP contribution in [0.15, 0.2) is 28.8 Å². The number of benzene rings is 1. The zero-order chi connectivity index (χ0) is 16.2. The zero-order valence-corrected chi connectivity index (χ0v) is 13.7. The lowest BCUT2D eigenvalue weighted by Gasteiger charge is -2.34. The zero-order valence-electron chi connectivity index (χ0n) is 13.0. The van der Waals surface area contributed by atoms with E-state index in [1.165, 1.54) is 0 Å². The topological polar surface area (TPSA) is 71.3 Å². The molecule has 7 heteroatoms. The second-order valence-corrected chi connectivity index (χ2v) is 6.10. The van der Waals surface area contributed by atoms with Gasteiger partial charge in [-0.1, -0.05) is 16.8 Å². The minimum absolute atomic E-state index is 0.130. The van der Waals surface area contributed by atoms with Crippen molar-refractivity contribution in [2.75, 3.05) is 19.6 Å². The van der Waals surface area contributed by atoms with Gasteiger partial charge in [-0.3, -0.25) is 4.79 Å². The molecule has 0 spiro atoms. The number of hydrogen-bond donors (Lipinski definition) is 1. The largest absolute Gasteiger partial charge is 0.339 e. The van der Waals surface area contributed by atoms with Crippen LogP contribution in [-0.2, 0) is 11.2 Å². The van der Waals surface area contributed by atoms with E-state index in [1.807, 2.05) is 17.0 Å².